The quantitative estimate of drug-likeness (QED) is 0.807. The number of phenols is 1. The Kier molecular flexibility index (Phi) is 4.90. The summed E-state index contributed by atoms with van der Waals surface area (Å²) in [5.74, 6) is -1.27. The van der Waals surface area contributed by atoms with Gasteiger partial charge >= 0.3 is 0 Å². The van der Waals surface area contributed by atoms with Crippen molar-refractivity contribution < 1.29 is 14.3 Å². The van der Waals surface area contributed by atoms with Crippen LogP contribution < -0.4 is 5.73 Å². The van der Waals surface area contributed by atoms with Gasteiger partial charge in [-0.05, 0) is 36.1 Å². The molecule has 0 saturated heterocycles. The van der Waals surface area contributed by atoms with Gasteiger partial charge in [0.05, 0.1) is 5.56 Å². The van der Waals surface area contributed by atoms with Crippen LogP contribution >= 0.6 is 27.7 Å². The fourth-order valence-electron chi connectivity index (χ4n) is 2.03. The van der Waals surface area contributed by atoms with E-state index in [9.17, 15) is 14.3 Å². The first-order valence-corrected chi connectivity index (χ1v) is 8.08. The molecule has 3 N–H and O–H groups in total. The van der Waals surface area contributed by atoms with E-state index in [-0.39, 0.29) is 23.6 Å². The number of nitrogens with two attached hydrogens (primary N) is 1. The van der Waals surface area contributed by atoms with Gasteiger partial charge in [0.1, 0.15) is 11.6 Å². The molecule has 0 spiro atoms. The van der Waals surface area contributed by atoms with E-state index in [0.29, 0.717) is 15.6 Å². The van der Waals surface area contributed by atoms with Crippen LogP contribution in [0.3, 0.4) is 0 Å². The fourth-order valence-corrected chi connectivity index (χ4v) is 2.99. The molecule has 0 unspecified atom stereocenters. The molecule has 0 bridgehead atoms. The zero-order valence-electron chi connectivity index (χ0n) is 11.2. The predicted octanol–water partition coefficient (Wildman–Crippen LogP) is 3.71. The number of halogens is 2. The summed E-state index contributed by atoms with van der Waals surface area (Å²) in [5, 5.41) is 10.2. The van der Waals surface area contributed by atoms with Crippen LogP contribution in [0.1, 0.15) is 21.5 Å². The lowest BCUT2D eigenvalue weighted by molar-refractivity contribution is 0.0997. The average molecular weight is 370 g/mol. The van der Waals surface area contributed by atoms with Gasteiger partial charge in [-0.3, -0.25) is 4.79 Å². The highest BCUT2D eigenvalue weighted by atomic mass is 79.9. The third kappa shape index (κ3) is 3.39. The summed E-state index contributed by atoms with van der Waals surface area (Å²) in [6.45, 7) is 0. The van der Waals surface area contributed by atoms with E-state index in [1.165, 1.54) is 23.9 Å². The molecule has 0 saturated carbocycles. The Bertz CT molecular complexity index is 706. The number of hydrogen-bond donors (Lipinski definition) is 2. The molecule has 0 fully saturated rings. The zero-order valence-corrected chi connectivity index (χ0v) is 13.6. The molecule has 0 aliphatic heterocycles. The van der Waals surface area contributed by atoms with Crippen LogP contribution in [-0.4, -0.2) is 17.3 Å². The van der Waals surface area contributed by atoms with E-state index >= 15 is 0 Å². The average Bonchev–Trinajstić information content (AvgIpc) is 2.43. The molecule has 0 heterocycles. The number of hydrogen-bond acceptors (Lipinski definition) is 3. The highest BCUT2D eigenvalue weighted by molar-refractivity contribution is 9.10. The minimum Gasteiger partial charge on any atom is -0.507 e. The normalized spacial score (nSPS) is 10.6. The molecule has 21 heavy (non-hydrogen) atoms. The van der Waals surface area contributed by atoms with Crippen LogP contribution in [0.25, 0.3) is 0 Å². The lowest BCUT2D eigenvalue weighted by Gasteiger charge is -2.13. The SMILES string of the molecule is CSc1ccc(C(N)=O)c(O)c1Cc1ccc(Br)cc1F. The van der Waals surface area contributed by atoms with E-state index in [0.717, 1.165) is 4.90 Å². The molecule has 0 radical (unpaired) electrons. The summed E-state index contributed by atoms with van der Waals surface area (Å²) in [4.78, 5) is 12.1. The summed E-state index contributed by atoms with van der Waals surface area (Å²) in [6, 6.07) is 7.91. The second-order valence-electron chi connectivity index (χ2n) is 4.42. The van der Waals surface area contributed by atoms with Gasteiger partial charge in [-0.25, -0.2) is 4.39 Å². The maximum absolute atomic E-state index is 14.0. The maximum Gasteiger partial charge on any atom is 0.252 e. The van der Waals surface area contributed by atoms with Crippen molar-refractivity contribution in [3.63, 3.8) is 0 Å². The summed E-state index contributed by atoms with van der Waals surface area (Å²) in [7, 11) is 0. The molecule has 0 aromatic heterocycles. The minimum atomic E-state index is -0.710. The Morgan fingerprint density at radius 1 is 1.38 bits per heavy atom. The lowest BCUT2D eigenvalue weighted by atomic mass is 10.0. The Hall–Kier alpha value is -1.53. The zero-order chi connectivity index (χ0) is 15.6. The van der Waals surface area contributed by atoms with Crippen molar-refractivity contribution in [3.8, 4) is 5.75 Å². The molecule has 2 rings (SSSR count). The third-order valence-electron chi connectivity index (χ3n) is 3.11. The molecule has 2 aromatic carbocycles. The van der Waals surface area contributed by atoms with Gasteiger partial charge < -0.3 is 10.8 Å². The summed E-state index contributed by atoms with van der Waals surface area (Å²) < 4.78 is 14.6. The lowest BCUT2D eigenvalue weighted by Crippen LogP contribution is -2.12. The first-order valence-electron chi connectivity index (χ1n) is 6.06. The number of thioether (sulfide) groups is 1. The van der Waals surface area contributed by atoms with Gasteiger partial charge in [0.15, 0.2) is 0 Å². The Morgan fingerprint density at radius 2 is 2.10 bits per heavy atom. The molecule has 2 aromatic rings. The first kappa shape index (κ1) is 15.9. The maximum atomic E-state index is 14.0. The van der Waals surface area contributed by atoms with Crippen LogP contribution in [-0.2, 0) is 6.42 Å². The van der Waals surface area contributed by atoms with Gasteiger partial charge in [-0.1, -0.05) is 22.0 Å². The standard InChI is InChI=1S/C15H13BrFNO2S/c1-21-13-5-4-10(15(18)20)14(19)11(13)6-8-2-3-9(16)7-12(8)17/h2-5,7,19H,6H2,1H3,(H2,18,20). The molecule has 0 aliphatic rings. The monoisotopic (exact) mass is 369 g/mol. The number of aromatic hydroxyl groups is 1. The molecular formula is C15H13BrFNO2S. The highest BCUT2D eigenvalue weighted by Crippen LogP contribution is 2.34. The van der Waals surface area contributed by atoms with E-state index in [2.05, 4.69) is 15.9 Å². The summed E-state index contributed by atoms with van der Waals surface area (Å²) in [5.41, 5.74) is 6.21. The van der Waals surface area contributed by atoms with Gasteiger partial charge in [0.2, 0.25) is 0 Å². The largest absolute Gasteiger partial charge is 0.507 e. The molecule has 0 aliphatic carbocycles. The topological polar surface area (TPSA) is 63.3 Å². The van der Waals surface area contributed by atoms with Crippen LogP contribution in [0.2, 0.25) is 0 Å². The molecular weight excluding hydrogens is 357 g/mol. The van der Waals surface area contributed by atoms with E-state index in [1.807, 2.05) is 6.26 Å². The summed E-state index contributed by atoms with van der Waals surface area (Å²) >= 11 is 4.61. The Morgan fingerprint density at radius 3 is 2.67 bits per heavy atom. The van der Waals surface area contributed by atoms with Gasteiger partial charge in [-0.2, -0.15) is 0 Å². The van der Waals surface area contributed by atoms with Gasteiger partial charge in [-0.15, -0.1) is 11.8 Å². The van der Waals surface area contributed by atoms with Crippen molar-refractivity contribution in [1.29, 1.82) is 0 Å². The molecule has 6 heteroatoms. The Balaban J connectivity index is 2.51. The number of carbonyl (C=O) groups is 1. The molecule has 110 valence electrons. The van der Waals surface area contributed by atoms with Crippen LogP contribution in [0.4, 0.5) is 4.39 Å². The summed E-state index contributed by atoms with van der Waals surface area (Å²) in [6.07, 6.45) is 2.03. The number of carbonyl (C=O) groups excluding carboxylic acids is 1. The van der Waals surface area contributed by atoms with E-state index in [1.54, 1.807) is 18.2 Å². The minimum absolute atomic E-state index is 0.0420. The van der Waals surface area contributed by atoms with Gasteiger partial charge in [0, 0.05) is 21.4 Å². The van der Waals surface area contributed by atoms with Gasteiger partial charge in [0.25, 0.3) is 5.91 Å². The van der Waals surface area contributed by atoms with Crippen molar-refractivity contribution in [1.82, 2.24) is 0 Å². The molecule has 3 nitrogen and oxygen atoms in total. The number of amides is 1. The first-order chi connectivity index (χ1) is 9.93. The van der Waals surface area contributed by atoms with Crippen molar-refractivity contribution in [2.75, 3.05) is 6.26 Å². The second-order valence-corrected chi connectivity index (χ2v) is 6.18. The fraction of sp³-hybridized carbons (Fsp3) is 0.133. The van der Waals surface area contributed by atoms with Crippen molar-refractivity contribution >= 4 is 33.6 Å². The van der Waals surface area contributed by atoms with Crippen molar-refractivity contribution in [2.45, 2.75) is 11.3 Å². The van der Waals surface area contributed by atoms with E-state index in [4.69, 9.17) is 5.73 Å². The predicted molar refractivity (Wildman–Crippen MR) is 85.3 cm³/mol. The smallest absolute Gasteiger partial charge is 0.252 e. The van der Waals surface area contributed by atoms with Crippen LogP contribution in [0.15, 0.2) is 39.7 Å². The van der Waals surface area contributed by atoms with Crippen LogP contribution in [0, 0.1) is 5.82 Å². The Labute approximate surface area is 134 Å². The number of benzene rings is 2. The molecule has 1 amide bonds. The number of primary amides is 1. The van der Waals surface area contributed by atoms with Crippen molar-refractivity contribution in [3.05, 3.63) is 57.3 Å². The highest BCUT2D eigenvalue weighted by Gasteiger charge is 2.17. The second kappa shape index (κ2) is 6.49. The third-order valence-corrected chi connectivity index (χ3v) is 4.42. The van der Waals surface area contributed by atoms with E-state index < -0.39 is 5.91 Å². The van der Waals surface area contributed by atoms with Crippen molar-refractivity contribution in [2.24, 2.45) is 5.73 Å². The number of rotatable bonds is 4. The van der Waals surface area contributed by atoms with Crippen LogP contribution in [0.5, 0.6) is 5.75 Å². The molecule has 0 atom stereocenters.